The molecule has 2 aromatic rings. The molecule has 0 bridgehead atoms. The van der Waals surface area contributed by atoms with Gasteiger partial charge in [0, 0.05) is 25.1 Å². The Morgan fingerprint density at radius 3 is 2.65 bits per heavy atom. The van der Waals surface area contributed by atoms with Crippen LogP contribution in [0.2, 0.25) is 0 Å². The number of methoxy groups -OCH3 is 1. The molecule has 0 unspecified atom stereocenters. The number of pyridine rings is 1. The van der Waals surface area contributed by atoms with Crippen molar-refractivity contribution in [3.63, 3.8) is 0 Å². The largest absolute Gasteiger partial charge is 0.496 e. The SMILES string of the molecule is COc1ccc2ccc(=O)n(C)c2c1CC=O. The molecule has 4 nitrogen and oxygen atoms in total. The van der Waals surface area contributed by atoms with Crippen LogP contribution in [-0.2, 0) is 18.3 Å². The van der Waals surface area contributed by atoms with Crippen LogP contribution in [-0.4, -0.2) is 18.0 Å². The van der Waals surface area contributed by atoms with Gasteiger partial charge in [-0.3, -0.25) is 4.79 Å². The minimum atomic E-state index is -0.0992. The zero-order valence-electron chi connectivity index (χ0n) is 9.77. The number of hydrogen-bond acceptors (Lipinski definition) is 3. The Kier molecular flexibility index (Phi) is 2.95. The molecule has 0 saturated heterocycles. The molecular weight excluding hydrogens is 218 g/mol. The highest BCUT2D eigenvalue weighted by molar-refractivity contribution is 5.86. The van der Waals surface area contributed by atoms with Gasteiger partial charge in [0.2, 0.25) is 0 Å². The number of fused-ring (bicyclic) bond motifs is 1. The molecule has 0 radical (unpaired) electrons. The van der Waals surface area contributed by atoms with Gasteiger partial charge in [-0.2, -0.15) is 0 Å². The molecule has 0 fully saturated rings. The molecule has 0 aliphatic rings. The third kappa shape index (κ3) is 1.82. The smallest absolute Gasteiger partial charge is 0.250 e. The second-order valence-electron chi connectivity index (χ2n) is 3.79. The van der Waals surface area contributed by atoms with E-state index in [1.165, 1.54) is 10.6 Å². The standard InChI is InChI=1S/C13H13NO3/c1-14-12(16)6-4-9-3-5-11(17-2)10(7-8-15)13(9)14/h3-6,8H,7H2,1-2H3. The number of ether oxygens (including phenoxy) is 1. The monoisotopic (exact) mass is 231 g/mol. The van der Waals surface area contributed by atoms with E-state index < -0.39 is 0 Å². The third-order valence-electron chi connectivity index (χ3n) is 2.85. The summed E-state index contributed by atoms with van der Waals surface area (Å²) in [6.45, 7) is 0. The lowest BCUT2D eigenvalue weighted by Crippen LogP contribution is -2.16. The summed E-state index contributed by atoms with van der Waals surface area (Å²) >= 11 is 0. The number of aldehydes is 1. The topological polar surface area (TPSA) is 48.3 Å². The normalized spacial score (nSPS) is 10.5. The van der Waals surface area contributed by atoms with Crippen LogP contribution in [0.25, 0.3) is 10.9 Å². The highest BCUT2D eigenvalue weighted by atomic mass is 16.5. The molecule has 1 heterocycles. The van der Waals surface area contributed by atoms with Gasteiger partial charge >= 0.3 is 0 Å². The maximum absolute atomic E-state index is 11.6. The van der Waals surface area contributed by atoms with Gasteiger partial charge in [0.15, 0.2) is 0 Å². The Bertz CT molecular complexity index is 628. The number of carbonyl (C=O) groups excluding carboxylic acids is 1. The fourth-order valence-electron chi connectivity index (χ4n) is 2.02. The first-order valence-corrected chi connectivity index (χ1v) is 5.28. The van der Waals surface area contributed by atoms with Gasteiger partial charge in [-0.05, 0) is 23.6 Å². The van der Waals surface area contributed by atoms with E-state index in [1.807, 2.05) is 12.1 Å². The zero-order valence-corrected chi connectivity index (χ0v) is 9.77. The van der Waals surface area contributed by atoms with E-state index in [2.05, 4.69) is 0 Å². The average molecular weight is 231 g/mol. The van der Waals surface area contributed by atoms with Crippen LogP contribution < -0.4 is 10.3 Å². The van der Waals surface area contributed by atoms with Gasteiger partial charge in [0.1, 0.15) is 12.0 Å². The van der Waals surface area contributed by atoms with Gasteiger partial charge in [-0.15, -0.1) is 0 Å². The van der Waals surface area contributed by atoms with Crippen LogP contribution in [0, 0.1) is 0 Å². The quantitative estimate of drug-likeness (QED) is 0.748. The molecule has 0 saturated carbocycles. The maximum Gasteiger partial charge on any atom is 0.250 e. The van der Waals surface area contributed by atoms with Crippen LogP contribution in [0.5, 0.6) is 5.75 Å². The summed E-state index contributed by atoms with van der Waals surface area (Å²) in [4.78, 5) is 22.4. The molecule has 2 rings (SSSR count). The molecule has 0 aliphatic heterocycles. The summed E-state index contributed by atoms with van der Waals surface area (Å²) in [5.41, 5.74) is 1.40. The average Bonchev–Trinajstić information content (AvgIpc) is 2.34. The lowest BCUT2D eigenvalue weighted by atomic mass is 10.1. The molecule has 1 aromatic carbocycles. The number of benzene rings is 1. The van der Waals surface area contributed by atoms with Crippen LogP contribution >= 0.6 is 0 Å². The molecule has 88 valence electrons. The second kappa shape index (κ2) is 4.41. The minimum absolute atomic E-state index is 0.0992. The number of carbonyl (C=O) groups is 1. The predicted molar refractivity (Wildman–Crippen MR) is 65.5 cm³/mol. The Balaban J connectivity index is 2.91. The first-order chi connectivity index (χ1) is 8.19. The molecule has 4 heteroatoms. The van der Waals surface area contributed by atoms with Crippen molar-refractivity contribution in [2.45, 2.75) is 6.42 Å². The summed E-state index contributed by atoms with van der Waals surface area (Å²) in [5, 5.41) is 0.921. The molecule has 0 amide bonds. The minimum Gasteiger partial charge on any atom is -0.496 e. The van der Waals surface area contributed by atoms with Crippen molar-refractivity contribution in [1.29, 1.82) is 0 Å². The van der Waals surface area contributed by atoms with Crippen molar-refractivity contribution in [2.24, 2.45) is 7.05 Å². The molecular formula is C13H13NO3. The Hall–Kier alpha value is -2.10. The second-order valence-corrected chi connectivity index (χ2v) is 3.79. The van der Waals surface area contributed by atoms with Gasteiger partial charge in [-0.1, -0.05) is 0 Å². The van der Waals surface area contributed by atoms with Gasteiger partial charge in [0.05, 0.1) is 12.6 Å². The van der Waals surface area contributed by atoms with Crippen molar-refractivity contribution in [3.05, 3.63) is 40.2 Å². The predicted octanol–water partition coefficient (Wildman–Crippen LogP) is 1.29. The Morgan fingerprint density at radius 1 is 1.29 bits per heavy atom. The fourth-order valence-corrected chi connectivity index (χ4v) is 2.02. The molecule has 1 aromatic heterocycles. The fraction of sp³-hybridized carbons (Fsp3) is 0.231. The van der Waals surface area contributed by atoms with Crippen molar-refractivity contribution in [1.82, 2.24) is 4.57 Å². The number of aryl methyl sites for hydroxylation is 1. The highest BCUT2D eigenvalue weighted by Gasteiger charge is 2.10. The number of aromatic nitrogens is 1. The summed E-state index contributed by atoms with van der Waals surface area (Å²) in [6, 6.07) is 6.96. The van der Waals surface area contributed by atoms with Crippen molar-refractivity contribution in [2.75, 3.05) is 7.11 Å². The molecule has 17 heavy (non-hydrogen) atoms. The van der Waals surface area contributed by atoms with E-state index in [0.29, 0.717) is 5.75 Å². The van der Waals surface area contributed by atoms with Crippen molar-refractivity contribution < 1.29 is 9.53 Å². The lowest BCUT2D eigenvalue weighted by molar-refractivity contribution is -0.107. The summed E-state index contributed by atoms with van der Waals surface area (Å²) in [6.07, 6.45) is 1.05. The molecule has 0 N–H and O–H groups in total. The number of rotatable bonds is 3. The first-order valence-electron chi connectivity index (χ1n) is 5.28. The van der Waals surface area contributed by atoms with Gasteiger partial charge in [-0.25, -0.2) is 0 Å². The Morgan fingerprint density at radius 2 is 2.00 bits per heavy atom. The summed E-state index contributed by atoms with van der Waals surface area (Å²) < 4.78 is 6.76. The summed E-state index contributed by atoms with van der Waals surface area (Å²) in [5.74, 6) is 0.630. The van der Waals surface area contributed by atoms with Gasteiger partial charge < -0.3 is 14.1 Å². The molecule has 0 atom stereocenters. The van der Waals surface area contributed by atoms with Crippen molar-refractivity contribution >= 4 is 17.2 Å². The summed E-state index contributed by atoms with van der Waals surface area (Å²) in [7, 11) is 3.24. The van der Waals surface area contributed by atoms with E-state index in [9.17, 15) is 9.59 Å². The van der Waals surface area contributed by atoms with E-state index in [0.717, 1.165) is 22.8 Å². The number of nitrogens with zero attached hydrogens (tertiary/aromatic N) is 1. The highest BCUT2D eigenvalue weighted by Crippen LogP contribution is 2.26. The van der Waals surface area contributed by atoms with E-state index >= 15 is 0 Å². The lowest BCUT2D eigenvalue weighted by Gasteiger charge is -2.12. The van der Waals surface area contributed by atoms with Crippen molar-refractivity contribution in [3.8, 4) is 5.75 Å². The van der Waals surface area contributed by atoms with E-state index in [4.69, 9.17) is 4.74 Å². The van der Waals surface area contributed by atoms with Gasteiger partial charge in [0.25, 0.3) is 5.56 Å². The Labute approximate surface area is 98.4 Å². The van der Waals surface area contributed by atoms with E-state index in [1.54, 1.807) is 20.2 Å². The first kappa shape index (κ1) is 11.4. The molecule has 0 aliphatic carbocycles. The van der Waals surface area contributed by atoms with E-state index in [-0.39, 0.29) is 12.0 Å². The molecule has 0 spiro atoms. The zero-order chi connectivity index (χ0) is 12.4. The number of hydrogen-bond donors (Lipinski definition) is 0. The third-order valence-corrected chi connectivity index (χ3v) is 2.85. The van der Waals surface area contributed by atoms with Crippen LogP contribution in [0.4, 0.5) is 0 Å². The maximum atomic E-state index is 11.6. The van der Waals surface area contributed by atoms with Crippen LogP contribution in [0.15, 0.2) is 29.1 Å². The van der Waals surface area contributed by atoms with Crippen LogP contribution in [0.3, 0.4) is 0 Å². The van der Waals surface area contributed by atoms with Crippen LogP contribution in [0.1, 0.15) is 5.56 Å².